The van der Waals surface area contributed by atoms with Crippen LogP contribution in [0, 0.1) is 0 Å². The van der Waals surface area contributed by atoms with Crippen molar-refractivity contribution in [2.24, 2.45) is 0 Å². The Morgan fingerprint density at radius 2 is 1.02 bits per heavy atom. The molecule has 0 unspecified atom stereocenters. The number of benzene rings is 6. The largest absolute Gasteiger partial charge is 0.0683 e. The summed E-state index contributed by atoms with van der Waals surface area (Å²) in [7, 11) is 0. The first-order valence-electron chi connectivity index (χ1n) is 18.2. The molecule has 0 bridgehead atoms. The van der Waals surface area contributed by atoms with Gasteiger partial charge in [-0.15, -0.1) is 0 Å². The summed E-state index contributed by atoms with van der Waals surface area (Å²) < 4.78 is 6.28. The summed E-state index contributed by atoms with van der Waals surface area (Å²) in [5.74, 6) is 0. The van der Waals surface area contributed by atoms with Crippen molar-refractivity contribution in [1.29, 1.82) is 0 Å². The van der Waals surface area contributed by atoms with Crippen LogP contribution in [0.15, 0.2) is 162 Å². The zero-order valence-corrected chi connectivity index (χ0v) is 30.9. The van der Waals surface area contributed by atoms with Crippen LogP contribution >= 0.6 is 0 Å². The van der Waals surface area contributed by atoms with E-state index in [-0.39, 0.29) is 0 Å². The molecule has 2 heteroatoms. The Bertz CT molecular complexity index is 2040. The Morgan fingerprint density at radius 3 is 1.60 bits per heavy atom. The number of allylic oxidation sites excluding steroid dienone is 2. The van der Waals surface area contributed by atoms with Gasteiger partial charge in [-0.25, -0.2) is 0 Å². The minimum absolute atomic E-state index is 0.845. The van der Waals surface area contributed by atoms with Gasteiger partial charge in [-0.3, -0.25) is 0 Å². The van der Waals surface area contributed by atoms with Gasteiger partial charge in [0.2, 0.25) is 0 Å². The van der Waals surface area contributed by atoms with Gasteiger partial charge in [0, 0.05) is 0 Å². The van der Waals surface area contributed by atoms with Gasteiger partial charge in [0.15, 0.2) is 0 Å². The summed E-state index contributed by atoms with van der Waals surface area (Å²) in [4.78, 5) is 0. The molecule has 50 heavy (non-hydrogen) atoms. The Balaban J connectivity index is 0.000000751. The van der Waals surface area contributed by atoms with E-state index in [2.05, 4.69) is 173 Å². The second kappa shape index (κ2) is 19.7. The van der Waals surface area contributed by atoms with E-state index < -0.39 is 0 Å². The molecular weight excluding hydrogens is 603 g/mol. The standard InChI is InChI=1S/C41H31BO.C3H8.2C2H6/c1-29(34-24-35(31-15-7-3-8-16-31)26-36(25-34)32-17-9-4-10-18-32)23-39(42-28-30-13-5-2-6-14-30)33-21-22-38-37-19-11-12-20-40(37)43-41(38)27-33;1-3-2;2*1-2/h2-27H,28H2,1H3;3H2,1-2H3;2*1-2H3/b29-23+;;;. The third-order valence-electron chi connectivity index (χ3n) is 8.09. The maximum Gasteiger partial charge on any atom is -0.0590 e. The Kier molecular flexibility index (Phi) is 14.8. The number of hydrogen-bond acceptors (Lipinski definition) is 1. The van der Waals surface area contributed by atoms with Gasteiger partial charge >= 0.3 is 254 Å². The second-order valence-corrected chi connectivity index (χ2v) is 11.7. The van der Waals surface area contributed by atoms with E-state index in [4.69, 9.17) is 4.42 Å². The van der Waals surface area contributed by atoms with Gasteiger partial charge in [0.25, 0.3) is 0 Å². The van der Waals surface area contributed by atoms with Crippen molar-refractivity contribution in [3.63, 3.8) is 0 Å². The third-order valence-corrected chi connectivity index (χ3v) is 8.09. The van der Waals surface area contributed by atoms with Gasteiger partial charge in [-0.1, -0.05) is 48.0 Å². The molecule has 0 fully saturated rings. The van der Waals surface area contributed by atoms with Gasteiger partial charge in [-0.05, 0) is 0 Å². The van der Waals surface area contributed by atoms with E-state index in [1.807, 2.05) is 39.8 Å². The van der Waals surface area contributed by atoms with Crippen LogP contribution in [0.1, 0.15) is 71.6 Å². The molecule has 0 N–H and O–H groups in total. The Morgan fingerprint density at radius 1 is 0.520 bits per heavy atom. The monoisotopic (exact) mass is 654 g/mol. The summed E-state index contributed by atoms with van der Waals surface area (Å²) in [6.07, 6.45) is 4.42. The van der Waals surface area contributed by atoms with Crippen molar-refractivity contribution in [2.75, 3.05) is 0 Å². The number of para-hydroxylation sites is 1. The maximum absolute atomic E-state index is 6.28. The molecule has 0 aliphatic rings. The first-order chi connectivity index (χ1) is 24.6. The summed E-state index contributed by atoms with van der Waals surface area (Å²) in [5, 5.41) is 2.29. The summed E-state index contributed by atoms with van der Waals surface area (Å²) in [6.45, 7) is 16.8. The van der Waals surface area contributed by atoms with Gasteiger partial charge in [0.05, 0.1) is 0 Å². The molecule has 0 spiro atoms. The van der Waals surface area contributed by atoms with Crippen LogP contribution in [0.2, 0.25) is 0 Å². The fourth-order valence-corrected chi connectivity index (χ4v) is 5.77. The second-order valence-electron chi connectivity index (χ2n) is 11.7. The van der Waals surface area contributed by atoms with Crippen LogP contribution in [0.3, 0.4) is 0 Å². The number of rotatable bonds is 7. The molecule has 6 aromatic carbocycles. The van der Waals surface area contributed by atoms with E-state index in [0.29, 0.717) is 0 Å². The van der Waals surface area contributed by atoms with Gasteiger partial charge < -0.3 is 0 Å². The van der Waals surface area contributed by atoms with E-state index in [9.17, 15) is 0 Å². The molecule has 0 atom stereocenters. The molecule has 1 nitrogen and oxygen atoms in total. The predicted molar refractivity (Wildman–Crippen MR) is 223 cm³/mol. The Labute approximate surface area is 301 Å². The first-order valence-corrected chi connectivity index (χ1v) is 18.2. The van der Waals surface area contributed by atoms with Crippen LogP contribution in [0.5, 0.6) is 0 Å². The van der Waals surface area contributed by atoms with Crippen LogP contribution in [-0.2, 0) is 6.32 Å². The molecule has 1 heterocycles. The van der Waals surface area contributed by atoms with Crippen LogP contribution in [0.4, 0.5) is 0 Å². The van der Waals surface area contributed by atoms with Crippen LogP contribution < -0.4 is 0 Å². The van der Waals surface area contributed by atoms with Gasteiger partial charge in [-0.2, -0.15) is 0 Å². The molecule has 0 saturated heterocycles. The molecule has 0 amide bonds. The van der Waals surface area contributed by atoms with Crippen molar-refractivity contribution >= 4 is 39.9 Å². The molecule has 252 valence electrons. The molecule has 1 aromatic heterocycles. The fourth-order valence-electron chi connectivity index (χ4n) is 5.77. The van der Waals surface area contributed by atoms with E-state index in [1.165, 1.54) is 50.8 Å². The maximum atomic E-state index is 6.28. The molecule has 7 aromatic rings. The quantitative estimate of drug-likeness (QED) is 0.156. The summed E-state index contributed by atoms with van der Waals surface area (Å²) in [6, 6.07) is 53.7. The Hall–Kier alpha value is -5.21. The average Bonchev–Trinajstić information content (AvgIpc) is 3.57. The molecular formula is C48H51BO. The molecule has 0 aliphatic heterocycles. The van der Waals surface area contributed by atoms with Crippen LogP contribution in [0.25, 0.3) is 49.8 Å². The topological polar surface area (TPSA) is 13.1 Å². The molecule has 0 saturated carbocycles. The van der Waals surface area contributed by atoms with Crippen molar-refractivity contribution in [1.82, 2.24) is 0 Å². The van der Waals surface area contributed by atoms with E-state index in [0.717, 1.165) is 33.8 Å². The number of hydrogen-bond donors (Lipinski definition) is 0. The van der Waals surface area contributed by atoms with Crippen LogP contribution in [-0.4, -0.2) is 12.4 Å². The average molecular weight is 655 g/mol. The van der Waals surface area contributed by atoms with Gasteiger partial charge in [0.1, 0.15) is 0 Å². The normalized spacial score (nSPS) is 10.9. The number of furan rings is 1. The predicted octanol–water partition coefficient (Wildman–Crippen LogP) is 13.9. The summed E-state index contributed by atoms with van der Waals surface area (Å²) in [5.41, 5.74) is 12.7. The summed E-state index contributed by atoms with van der Waals surface area (Å²) >= 11 is 0. The molecule has 0 aliphatic carbocycles. The SMILES string of the molecule is C/C(=C\C(=BCc1ccccc1)c1ccc2c(c1)oc1ccccc12)c1cc(-c2ccccc2)cc(-c2ccccc2)c1.CC.CC.CCC. The smallest absolute Gasteiger partial charge is 0.0590 e. The van der Waals surface area contributed by atoms with E-state index in [1.54, 1.807) is 0 Å². The minimum Gasteiger partial charge on any atom is -0.0683 e. The van der Waals surface area contributed by atoms with E-state index >= 15 is 0 Å². The third kappa shape index (κ3) is 9.70. The first kappa shape index (κ1) is 37.6. The molecule has 7 rings (SSSR count). The van der Waals surface area contributed by atoms with Crippen molar-refractivity contribution in [3.8, 4) is 22.3 Å². The van der Waals surface area contributed by atoms with Crippen molar-refractivity contribution < 1.29 is 4.42 Å². The zero-order valence-electron chi connectivity index (χ0n) is 30.9. The fraction of sp³-hybridized carbons (Fsp3) is 0.188. The number of fused-ring (bicyclic) bond motifs is 3. The molecule has 0 radical (unpaired) electrons. The minimum atomic E-state index is 0.845. The zero-order chi connectivity index (χ0) is 35.7. The van der Waals surface area contributed by atoms with Crippen molar-refractivity contribution in [2.45, 2.75) is 61.2 Å². The van der Waals surface area contributed by atoms with Crippen molar-refractivity contribution in [3.05, 3.63) is 174 Å².